The second-order valence-corrected chi connectivity index (χ2v) is 8.71. The molecule has 0 unspecified atom stereocenters. The quantitative estimate of drug-likeness (QED) is 0.221. The van der Waals surface area contributed by atoms with Crippen molar-refractivity contribution in [3.63, 3.8) is 0 Å². The van der Waals surface area contributed by atoms with Crippen LogP contribution in [0, 0.1) is 29.2 Å². The van der Waals surface area contributed by atoms with Crippen molar-refractivity contribution >= 4 is 6.08 Å². The Morgan fingerprint density at radius 1 is 0.892 bits per heavy atom. The van der Waals surface area contributed by atoms with Crippen LogP contribution >= 0.6 is 0 Å². The Balaban J connectivity index is 1.39. The molecule has 0 saturated carbocycles. The minimum Gasteiger partial charge on any atom is -0.429 e. The molecule has 0 aliphatic carbocycles. The van der Waals surface area contributed by atoms with E-state index in [1.165, 1.54) is 0 Å². The third kappa shape index (κ3) is 6.72. The van der Waals surface area contributed by atoms with Crippen molar-refractivity contribution in [2.45, 2.75) is 32.2 Å². The van der Waals surface area contributed by atoms with Crippen LogP contribution in [0.25, 0.3) is 17.2 Å². The number of benzene rings is 3. The summed E-state index contributed by atoms with van der Waals surface area (Å²) in [5.74, 6) is -5.92. The van der Waals surface area contributed by atoms with Gasteiger partial charge in [0.1, 0.15) is 11.6 Å². The lowest BCUT2D eigenvalue weighted by Crippen LogP contribution is -2.26. The van der Waals surface area contributed by atoms with Crippen molar-refractivity contribution in [1.82, 2.24) is 0 Å². The van der Waals surface area contributed by atoms with Crippen LogP contribution in [-0.4, -0.2) is 19.3 Å². The first-order valence-electron chi connectivity index (χ1n) is 11.7. The van der Waals surface area contributed by atoms with Gasteiger partial charge in [0.2, 0.25) is 0 Å². The average molecular weight is 522 g/mol. The van der Waals surface area contributed by atoms with Crippen LogP contribution in [0.3, 0.4) is 0 Å². The van der Waals surface area contributed by atoms with Gasteiger partial charge < -0.3 is 14.2 Å². The van der Waals surface area contributed by atoms with Gasteiger partial charge in [-0.05, 0) is 47.9 Å². The molecule has 0 aromatic heterocycles. The van der Waals surface area contributed by atoms with Gasteiger partial charge >= 0.3 is 6.11 Å². The molecule has 3 nitrogen and oxygen atoms in total. The summed E-state index contributed by atoms with van der Waals surface area (Å²) < 4.78 is 99.4. The normalized spacial score (nSPS) is 18.4. The lowest BCUT2D eigenvalue weighted by Gasteiger charge is -2.29. The van der Waals surface area contributed by atoms with Crippen LogP contribution in [-0.2, 0) is 9.47 Å². The number of halogens is 6. The van der Waals surface area contributed by atoms with E-state index in [4.69, 9.17) is 9.47 Å². The smallest absolute Gasteiger partial charge is 0.419 e. The fraction of sp³-hybridized carbons (Fsp3) is 0.286. The molecule has 1 aliphatic heterocycles. The van der Waals surface area contributed by atoms with Gasteiger partial charge in [-0.25, -0.2) is 17.6 Å². The summed E-state index contributed by atoms with van der Waals surface area (Å²) in [6.07, 6.45) is -0.546. The van der Waals surface area contributed by atoms with E-state index in [-0.39, 0.29) is 11.1 Å². The van der Waals surface area contributed by atoms with Crippen LogP contribution in [0.2, 0.25) is 0 Å². The molecule has 1 aliphatic rings. The van der Waals surface area contributed by atoms with E-state index in [0.29, 0.717) is 49.0 Å². The first-order chi connectivity index (χ1) is 17.6. The average Bonchev–Trinajstić information content (AvgIpc) is 2.87. The zero-order valence-electron chi connectivity index (χ0n) is 19.8. The molecule has 0 atom stereocenters. The van der Waals surface area contributed by atoms with Gasteiger partial charge in [-0.15, -0.1) is 0 Å². The van der Waals surface area contributed by atoms with Crippen LogP contribution in [0.5, 0.6) is 5.75 Å². The molecular weight excluding hydrogens is 498 g/mol. The predicted octanol–water partition coefficient (Wildman–Crippen LogP) is 8.06. The van der Waals surface area contributed by atoms with Gasteiger partial charge in [0.15, 0.2) is 23.7 Å². The maximum absolute atomic E-state index is 14.5. The Labute approximate surface area is 210 Å². The first-order valence-corrected chi connectivity index (χ1v) is 11.7. The van der Waals surface area contributed by atoms with E-state index in [0.717, 1.165) is 36.6 Å². The van der Waals surface area contributed by atoms with Gasteiger partial charge in [0.05, 0.1) is 13.2 Å². The predicted molar refractivity (Wildman–Crippen MR) is 126 cm³/mol. The molecule has 0 spiro atoms. The van der Waals surface area contributed by atoms with Crippen LogP contribution in [0.4, 0.5) is 26.3 Å². The van der Waals surface area contributed by atoms with E-state index in [2.05, 4.69) is 11.7 Å². The molecule has 196 valence electrons. The summed E-state index contributed by atoms with van der Waals surface area (Å²) >= 11 is 0. The van der Waals surface area contributed by atoms with Crippen molar-refractivity contribution < 1.29 is 40.6 Å². The highest BCUT2D eigenvalue weighted by atomic mass is 19.3. The largest absolute Gasteiger partial charge is 0.429 e. The monoisotopic (exact) mass is 522 g/mol. The molecule has 0 amide bonds. The molecule has 4 rings (SSSR count). The van der Waals surface area contributed by atoms with Gasteiger partial charge in [0, 0.05) is 29.2 Å². The fourth-order valence-corrected chi connectivity index (χ4v) is 3.96. The Bertz CT molecular complexity index is 1230. The molecule has 37 heavy (non-hydrogen) atoms. The van der Waals surface area contributed by atoms with Gasteiger partial charge in [-0.3, -0.25) is 0 Å². The molecule has 1 saturated heterocycles. The second-order valence-electron chi connectivity index (χ2n) is 8.71. The number of hydrogen-bond donors (Lipinski definition) is 0. The zero-order valence-corrected chi connectivity index (χ0v) is 19.8. The van der Waals surface area contributed by atoms with E-state index in [1.54, 1.807) is 24.3 Å². The second kappa shape index (κ2) is 11.4. The molecule has 0 N–H and O–H groups in total. The number of hydrogen-bond acceptors (Lipinski definition) is 3. The molecule has 1 fully saturated rings. The summed E-state index contributed by atoms with van der Waals surface area (Å²) in [7, 11) is 0. The summed E-state index contributed by atoms with van der Waals surface area (Å²) in [6, 6.07) is 10.6. The van der Waals surface area contributed by atoms with E-state index in [9.17, 15) is 26.3 Å². The van der Waals surface area contributed by atoms with Crippen LogP contribution in [0.15, 0.2) is 60.7 Å². The minimum absolute atomic E-state index is 0.291. The molecule has 3 aromatic rings. The van der Waals surface area contributed by atoms with Crippen molar-refractivity contribution in [2.75, 3.05) is 13.2 Å². The van der Waals surface area contributed by atoms with Crippen molar-refractivity contribution in [1.29, 1.82) is 0 Å². The number of ether oxygens (including phenoxy) is 3. The topological polar surface area (TPSA) is 27.7 Å². The number of rotatable bonds is 8. The lowest BCUT2D eigenvalue weighted by atomic mass is 10.0. The summed E-state index contributed by atoms with van der Waals surface area (Å²) in [5, 5.41) is 0. The van der Waals surface area contributed by atoms with Crippen molar-refractivity contribution in [2.24, 2.45) is 5.92 Å². The van der Waals surface area contributed by atoms with Gasteiger partial charge in [-0.2, -0.15) is 8.78 Å². The Hall–Kier alpha value is -3.30. The van der Waals surface area contributed by atoms with Crippen molar-refractivity contribution in [3.8, 4) is 16.9 Å². The molecular formula is C28H24F6O3. The SMILES string of the molecule is CCCC1COC(c2ccc(C=CC(F)(F)Oc3ccc(-c4cc(F)c(F)c(F)c4)c(F)c3)cc2)OC1. The maximum Gasteiger partial charge on any atom is 0.419 e. The molecule has 0 bridgehead atoms. The maximum atomic E-state index is 14.5. The number of alkyl halides is 2. The standard InChI is InChI=1S/C28H24F6O3/c1-2-3-18-15-35-27(36-16-18)19-6-4-17(5-7-19)10-11-28(33,34)37-21-8-9-22(23(29)14-21)20-12-24(30)26(32)25(31)13-20/h4-14,18,27H,2-3,15-16H2,1H3. The Morgan fingerprint density at radius 2 is 1.54 bits per heavy atom. The Kier molecular flexibility index (Phi) is 8.24. The molecule has 1 heterocycles. The zero-order chi connectivity index (χ0) is 26.6. The van der Waals surface area contributed by atoms with Crippen molar-refractivity contribution in [3.05, 3.63) is 95.1 Å². The molecule has 9 heteroatoms. The van der Waals surface area contributed by atoms with E-state index >= 15 is 0 Å². The summed E-state index contributed by atoms with van der Waals surface area (Å²) in [6.45, 7) is 3.30. The highest BCUT2D eigenvalue weighted by Crippen LogP contribution is 2.32. The lowest BCUT2D eigenvalue weighted by molar-refractivity contribution is -0.206. The molecule has 3 aromatic carbocycles. The summed E-state index contributed by atoms with van der Waals surface area (Å²) in [5.41, 5.74) is 0.636. The van der Waals surface area contributed by atoms with E-state index in [1.807, 2.05) is 0 Å². The third-order valence-corrected chi connectivity index (χ3v) is 5.83. The van der Waals surface area contributed by atoms with E-state index < -0.39 is 41.4 Å². The summed E-state index contributed by atoms with van der Waals surface area (Å²) in [4.78, 5) is 0. The third-order valence-electron chi connectivity index (χ3n) is 5.83. The molecule has 0 radical (unpaired) electrons. The van der Waals surface area contributed by atoms with Crippen LogP contribution in [0.1, 0.15) is 37.2 Å². The highest BCUT2D eigenvalue weighted by molar-refractivity contribution is 5.65. The Morgan fingerprint density at radius 3 is 2.14 bits per heavy atom. The highest BCUT2D eigenvalue weighted by Gasteiger charge is 2.28. The van der Waals surface area contributed by atoms with Crippen LogP contribution < -0.4 is 4.74 Å². The fourth-order valence-electron chi connectivity index (χ4n) is 3.96. The van der Waals surface area contributed by atoms with Gasteiger partial charge in [0.25, 0.3) is 0 Å². The van der Waals surface area contributed by atoms with Gasteiger partial charge in [-0.1, -0.05) is 37.6 Å². The minimum atomic E-state index is -3.79. The first kappa shape index (κ1) is 26.8.